The first-order valence-electron chi connectivity index (χ1n) is 8.43. The van der Waals surface area contributed by atoms with Gasteiger partial charge in [-0.3, -0.25) is 4.79 Å². The van der Waals surface area contributed by atoms with Crippen LogP contribution in [-0.4, -0.2) is 19.8 Å². The third-order valence-corrected chi connectivity index (χ3v) is 4.59. The standard InChI is InChI=1S/C21H19NO4/c1-13(14-7-9-19-20(11-14)26-12-25-19)22-21(23)17-8-10-18(24-2)16-6-4-3-5-15(16)17/h3-11,13H,12H2,1-2H3,(H,22,23). The van der Waals surface area contributed by atoms with Crippen molar-refractivity contribution >= 4 is 16.7 Å². The number of ether oxygens (including phenoxy) is 3. The van der Waals surface area contributed by atoms with Gasteiger partial charge >= 0.3 is 0 Å². The summed E-state index contributed by atoms with van der Waals surface area (Å²) in [6.07, 6.45) is 0. The van der Waals surface area contributed by atoms with Gasteiger partial charge in [-0.05, 0) is 42.1 Å². The van der Waals surface area contributed by atoms with Gasteiger partial charge in [0, 0.05) is 10.9 Å². The molecule has 26 heavy (non-hydrogen) atoms. The lowest BCUT2D eigenvalue weighted by molar-refractivity contribution is 0.0941. The van der Waals surface area contributed by atoms with Crippen LogP contribution in [0.2, 0.25) is 0 Å². The first-order valence-corrected chi connectivity index (χ1v) is 8.43. The summed E-state index contributed by atoms with van der Waals surface area (Å²) in [5.74, 6) is 2.06. The van der Waals surface area contributed by atoms with E-state index in [9.17, 15) is 4.79 Å². The molecule has 0 aliphatic carbocycles. The zero-order chi connectivity index (χ0) is 18.1. The lowest BCUT2D eigenvalue weighted by Gasteiger charge is -2.16. The highest BCUT2D eigenvalue weighted by molar-refractivity contribution is 6.08. The summed E-state index contributed by atoms with van der Waals surface area (Å²) in [6.45, 7) is 2.18. The van der Waals surface area contributed by atoms with Gasteiger partial charge in [-0.15, -0.1) is 0 Å². The van der Waals surface area contributed by atoms with Crippen molar-refractivity contribution in [2.45, 2.75) is 13.0 Å². The second-order valence-electron chi connectivity index (χ2n) is 6.17. The summed E-state index contributed by atoms with van der Waals surface area (Å²) in [6, 6.07) is 16.9. The number of carbonyl (C=O) groups excluding carboxylic acids is 1. The summed E-state index contributed by atoms with van der Waals surface area (Å²) in [7, 11) is 1.63. The molecule has 0 bridgehead atoms. The molecule has 3 aromatic carbocycles. The number of hydrogen-bond acceptors (Lipinski definition) is 4. The molecule has 0 saturated carbocycles. The Bertz CT molecular complexity index is 983. The number of benzene rings is 3. The molecule has 0 fully saturated rings. The van der Waals surface area contributed by atoms with Crippen molar-refractivity contribution in [3.8, 4) is 17.2 Å². The lowest BCUT2D eigenvalue weighted by Crippen LogP contribution is -2.26. The Morgan fingerprint density at radius 1 is 1.04 bits per heavy atom. The highest BCUT2D eigenvalue weighted by atomic mass is 16.7. The molecule has 1 amide bonds. The number of methoxy groups -OCH3 is 1. The molecule has 0 saturated heterocycles. The molecule has 1 N–H and O–H groups in total. The quantitative estimate of drug-likeness (QED) is 0.771. The molecule has 0 radical (unpaired) electrons. The topological polar surface area (TPSA) is 56.8 Å². The molecule has 3 aromatic rings. The van der Waals surface area contributed by atoms with E-state index in [-0.39, 0.29) is 18.7 Å². The summed E-state index contributed by atoms with van der Waals surface area (Å²) in [5.41, 5.74) is 1.58. The van der Waals surface area contributed by atoms with Gasteiger partial charge in [0.2, 0.25) is 6.79 Å². The predicted octanol–water partition coefficient (Wildman–Crippen LogP) is 4.07. The van der Waals surface area contributed by atoms with Gasteiger partial charge in [-0.2, -0.15) is 0 Å². The molecule has 1 aliphatic heterocycles. The molecule has 1 unspecified atom stereocenters. The Balaban J connectivity index is 1.61. The second kappa shape index (κ2) is 6.59. The lowest BCUT2D eigenvalue weighted by atomic mass is 10.0. The molecule has 1 atom stereocenters. The largest absolute Gasteiger partial charge is 0.496 e. The van der Waals surface area contributed by atoms with Gasteiger partial charge < -0.3 is 19.5 Å². The zero-order valence-corrected chi connectivity index (χ0v) is 14.6. The van der Waals surface area contributed by atoms with Crippen LogP contribution in [0.5, 0.6) is 17.2 Å². The number of amides is 1. The number of carbonyl (C=O) groups is 1. The third kappa shape index (κ3) is 2.81. The number of nitrogens with one attached hydrogen (secondary N) is 1. The van der Waals surface area contributed by atoms with Gasteiger partial charge in [-0.1, -0.05) is 30.3 Å². The summed E-state index contributed by atoms with van der Waals surface area (Å²) >= 11 is 0. The average molecular weight is 349 g/mol. The number of hydrogen-bond donors (Lipinski definition) is 1. The molecular formula is C21H19NO4. The number of rotatable bonds is 4. The fraction of sp³-hybridized carbons (Fsp3) is 0.190. The van der Waals surface area contributed by atoms with E-state index in [0.717, 1.165) is 27.8 Å². The van der Waals surface area contributed by atoms with Crippen LogP contribution in [0.3, 0.4) is 0 Å². The van der Waals surface area contributed by atoms with E-state index in [2.05, 4.69) is 5.32 Å². The van der Waals surface area contributed by atoms with E-state index in [1.54, 1.807) is 13.2 Å². The van der Waals surface area contributed by atoms with E-state index in [1.165, 1.54) is 0 Å². The fourth-order valence-electron chi connectivity index (χ4n) is 3.19. The van der Waals surface area contributed by atoms with E-state index in [0.29, 0.717) is 11.3 Å². The monoisotopic (exact) mass is 349 g/mol. The van der Waals surface area contributed by atoms with Crippen LogP contribution in [0.1, 0.15) is 28.9 Å². The zero-order valence-electron chi connectivity index (χ0n) is 14.6. The molecule has 0 spiro atoms. The first-order chi connectivity index (χ1) is 12.7. The van der Waals surface area contributed by atoms with Crippen molar-refractivity contribution in [3.63, 3.8) is 0 Å². The molecule has 1 aliphatic rings. The molecule has 0 aromatic heterocycles. The molecule has 132 valence electrons. The van der Waals surface area contributed by atoms with E-state index < -0.39 is 0 Å². The Hall–Kier alpha value is -3.21. The summed E-state index contributed by atoms with van der Waals surface area (Å²) < 4.78 is 16.1. The van der Waals surface area contributed by atoms with Crippen LogP contribution in [0.25, 0.3) is 10.8 Å². The van der Waals surface area contributed by atoms with Crippen molar-refractivity contribution in [2.24, 2.45) is 0 Å². The third-order valence-electron chi connectivity index (χ3n) is 4.59. The highest BCUT2D eigenvalue weighted by Crippen LogP contribution is 2.34. The Labute approximate surface area is 151 Å². The van der Waals surface area contributed by atoms with E-state index in [1.807, 2.05) is 55.5 Å². The van der Waals surface area contributed by atoms with Crippen LogP contribution in [-0.2, 0) is 0 Å². The van der Waals surface area contributed by atoms with Crippen molar-refractivity contribution < 1.29 is 19.0 Å². The van der Waals surface area contributed by atoms with Gasteiger partial charge in [0.1, 0.15) is 5.75 Å². The van der Waals surface area contributed by atoms with Crippen molar-refractivity contribution in [3.05, 3.63) is 65.7 Å². The first kappa shape index (κ1) is 16.3. The minimum Gasteiger partial charge on any atom is -0.496 e. The maximum absolute atomic E-state index is 12.9. The van der Waals surface area contributed by atoms with Gasteiger partial charge in [0.05, 0.1) is 13.2 Å². The highest BCUT2D eigenvalue weighted by Gasteiger charge is 2.19. The van der Waals surface area contributed by atoms with E-state index >= 15 is 0 Å². The fourth-order valence-corrected chi connectivity index (χ4v) is 3.19. The SMILES string of the molecule is COc1ccc(C(=O)NC(C)c2ccc3c(c2)OCO3)c2ccccc12. The predicted molar refractivity (Wildman–Crippen MR) is 98.9 cm³/mol. The van der Waals surface area contributed by atoms with Crippen molar-refractivity contribution in [1.82, 2.24) is 5.32 Å². The average Bonchev–Trinajstić information content (AvgIpc) is 3.14. The summed E-state index contributed by atoms with van der Waals surface area (Å²) in [4.78, 5) is 12.9. The molecule has 1 heterocycles. The maximum atomic E-state index is 12.9. The normalized spacial score (nSPS) is 13.5. The maximum Gasteiger partial charge on any atom is 0.252 e. The Morgan fingerprint density at radius 3 is 2.62 bits per heavy atom. The molecule has 5 heteroatoms. The minimum absolute atomic E-state index is 0.131. The minimum atomic E-state index is -0.169. The van der Waals surface area contributed by atoms with Crippen molar-refractivity contribution in [2.75, 3.05) is 13.9 Å². The Kier molecular flexibility index (Phi) is 4.13. The molecule has 5 nitrogen and oxygen atoms in total. The molecule has 4 rings (SSSR count). The van der Waals surface area contributed by atoms with E-state index in [4.69, 9.17) is 14.2 Å². The van der Waals surface area contributed by atoms with Crippen LogP contribution in [0.4, 0.5) is 0 Å². The van der Waals surface area contributed by atoms with Gasteiger partial charge in [0.25, 0.3) is 5.91 Å². The van der Waals surface area contributed by atoms with Gasteiger partial charge in [0.15, 0.2) is 11.5 Å². The molecular weight excluding hydrogens is 330 g/mol. The van der Waals surface area contributed by atoms with Crippen LogP contribution in [0, 0.1) is 0 Å². The van der Waals surface area contributed by atoms with Crippen molar-refractivity contribution in [1.29, 1.82) is 0 Å². The second-order valence-corrected chi connectivity index (χ2v) is 6.17. The summed E-state index contributed by atoms with van der Waals surface area (Å²) in [5, 5.41) is 4.84. The smallest absolute Gasteiger partial charge is 0.252 e. The van der Waals surface area contributed by atoms with Crippen LogP contribution >= 0.6 is 0 Å². The van der Waals surface area contributed by atoms with Crippen LogP contribution < -0.4 is 19.5 Å². The number of fused-ring (bicyclic) bond motifs is 2. The van der Waals surface area contributed by atoms with Gasteiger partial charge in [-0.25, -0.2) is 0 Å². The Morgan fingerprint density at radius 2 is 1.81 bits per heavy atom. The van der Waals surface area contributed by atoms with Crippen LogP contribution in [0.15, 0.2) is 54.6 Å².